The van der Waals surface area contributed by atoms with E-state index in [1.165, 1.54) is 10.2 Å². The minimum atomic E-state index is -0.707. The fraction of sp³-hybridized carbons (Fsp3) is 0.278. The summed E-state index contributed by atoms with van der Waals surface area (Å²) in [4.78, 5) is 22.9. The van der Waals surface area contributed by atoms with Gasteiger partial charge in [-0.3, -0.25) is 24.3 Å². The van der Waals surface area contributed by atoms with Gasteiger partial charge in [0.05, 0.1) is 11.5 Å². The minimum Gasteiger partial charge on any atom is -0.307 e. The zero-order valence-corrected chi connectivity index (χ0v) is 15.3. The van der Waals surface area contributed by atoms with Crippen LogP contribution in [0.3, 0.4) is 0 Å². The van der Waals surface area contributed by atoms with Crippen LogP contribution in [-0.4, -0.2) is 30.4 Å². The highest BCUT2D eigenvalue weighted by atomic mass is 16.6. The second-order valence-corrected chi connectivity index (χ2v) is 6.37. The fourth-order valence-electron chi connectivity index (χ4n) is 2.72. The van der Waals surface area contributed by atoms with Crippen molar-refractivity contribution >= 4 is 17.4 Å². The van der Waals surface area contributed by atoms with Gasteiger partial charge in [0.1, 0.15) is 17.9 Å². The summed E-state index contributed by atoms with van der Waals surface area (Å²) in [6, 6.07) is 9.14. The summed E-state index contributed by atoms with van der Waals surface area (Å²) < 4.78 is 3.06. The highest BCUT2D eigenvalue weighted by Gasteiger charge is 2.24. The van der Waals surface area contributed by atoms with Crippen molar-refractivity contribution in [1.82, 2.24) is 19.6 Å². The van der Waals surface area contributed by atoms with Crippen LogP contribution in [0.4, 0.5) is 11.5 Å². The van der Waals surface area contributed by atoms with E-state index < -0.39 is 11.0 Å². The summed E-state index contributed by atoms with van der Waals surface area (Å²) in [6.45, 7) is 5.81. The number of nitrogens with one attached hydrogen (secondary N) is 1. The molecule has 0 aliphatic heterocycles. The lowest BCUT2D eigenvalue weighted by Gasteiger charge is -2.12. The summed E-state index contributed by atoms with van der Waals surface area (Å²) in [7, 11) is 0. The Morgan fingerprint density at radius 2 is 1.96 bits per heavy atom. The number of hydrogen-bond acceptors (Lipinski definition) is 5. The Balaban J connectivity index is 1.66. The molecule has 1 N–H and O–H groups in total. The van der Waals surface area contributed by atoms with E-state index in [2.05, 4.69) is 15.5 Å². The van der Waals surface area contributed by atoms with Crippen LogP contribution in [0.1, 0.15) is 29.8 Å². The average Bonchev–Trinajstić information content (AvgIpc) is 3.22. The van der Waals surface area contributed by atoms with E-state index in [9.17, 15) is 14.9 Å². The molecule has 140 valence electrons. The maximum atomic E-state index is 12.5. The third kappa shape index (κ3) is 4.02. The highest BCUT2D eigenvalue weighted by molar-refractivity contribution is 5.92. The van der Waals surface area contributed by atoms with Crippen LogP contribution in [-0.2, 0) is 11.3 Å². The van der Waals surface area contributed by atoms with Crippen LogP contribution in [0.2, 0.25) is 0 Å². The van der Waals surface area contributed by atoms with Crippen LogP contribution < -0.4 is 5.32 Å². The summed E-state index contributed by atoms with van der Waals surface area (Å²) in [5.74, 6) is 0.0648. The molecule has 1 amide bonds. The van der Waals surface area contributed by atoms with Crippen molar-refractivity contribution in [2.24, 2.45) is 0 Å². The molecule has 9 nitrogen and oxygen atoms in total. The Morgan fingerprint density at radius 1 is 1.26 bits per heavy atom. The molecule has 3 aromatic rings. The third-order valence-electron chi connectivity index (χ3n) is 4.32. The van der Waals surface area contributed by atoms with Crippen LogP contribution in [0.15, 0.2) is 42.7 Å². The number of aryl methyl sites for hydroxylation is 1. The molecule has 0 spiro atoms. The van der Waals surface area contributed by atoms with E-state index >= 15 is 0 Å². The van der Waals surface area contributed by atoms with Gasteiger partial charge in [-0.05, 0) is 26.3 Å². The lowest BCUT2D eigenvalue weighted by molar-refractivity contribution is -0.385. The Kier molecular flexibility index (Phi) is 5.02. The van der Waals surface area contributed by atoms with Crippen LogP contribution in [0, 0.1) is 24.0 Å². The molecule has 0 saturated carbocycles. The number of hydrogen-bond donors (Lipinski definition) is 1. The molecule has 0 saturated heterocycles. The molecule has 27 heavy (non-hydrogen) atoms. The number of anilines is 1. The van der Waals surface area contributed by atoms with Gasteiger partial charge in [0, 0.05) is 12.3 Å². The number of amides is 1. The van der Waals surface area contributed by atoms with Crippen molar-refractivity contribution in [3.05, 3.63) is 69.7 Å². The second kappa shape index (κ2) is 7.40. The van der Waals surface area contributed by atoms with E-state index in [1.807, 2.05) is 31.2 Å². The molecule has 0 bridgehead atoms. The molecule has 3 rings (SSSR count). The zero-order chi connectivity index (χ0) is 19.6. The Hall–Kier alpha value is -3.49. The second-order valence-electron chi connectivity index (χ2n) is 6.37. The normalized spacial score (nSPS) is 12.0. The van der Waals surface area contributed by atoms with E-state index in [0.29, 0.717) is 18.1 Å². The van der Waals surface area contributed by atoms with Crippen molar-refractivity contribution < 1.29 is 9.72 Å². The molecule has 9 heteroatoms. The molecule has 1 unspecified atom stereocenters. The topological polar surface area (TPSA) is 108 Å². The average molecular weight is 368 g/mol. The van der Waals surface area contributed by atoms with E-state index in [-0.39, 0.29) is 11.6 Å². The number of carbonyl (C=O) groups excluding carboxylic acids is 1. The zero-order valence-electron chi connectivity index (χ0n) is 15.3. The summed E-state index contributed by atoms with van der Waals surface area (Å²) in [5.41, 5.74) is 2.51. The third-order valence-corrected chi connectivity index (χ3v) is 4.32. The van der Waals surface area contributed by atoms with Gasteiger partial charge >= 0.3 is 5.69 Å². The molecule has 1 atom stereocenters. The van der Waals surface area contributed by atoms with Gasteiger partial charge in [0.2, 0.25) is 5.91 Å². The SMILES string of the molecule is Cc1ccc(Cn2ccc(NC(=O)C(C)n3ncc([N+](=O)[O-])c3C)n2)cc1. The first kappa shape index (κ1) is 18.3. The predicted molar refractivity (Wildman–Crippen MR) is 99.5 cm³/mol. The molecule has 1 aromatic carbocycles. The number of aromatic nitrogens is 4. The van der Waals surface area contributed by atoms with Gasteiger partial charge in [-0.1, -0.05) is 29.8 Å². The monoisotopic (exact) mass is 368 g/mol. The quantitative estimate of drug-likeness (QED) is 0.532. The number of benzene rings is 1. The largest absolute Gasteiger partial charge is 0.309 e. The first-order chi connectivity index (χ1) is 12.8. The lowest BCUT2D eigenvalue weighted by Crippen LogP contribution is -2.25. The molecule has 0 aliphatic rings. The van der Waals surface area contributed by atoms with E-state index in [4.69, 9.17) is 0 Å². The van der Waals surface area contributed by atoms with Gasteiger partial charge in [-0.15, -0.1) is 0 Å². The van der Waals surface area contributed by atoms with Crippen molar-refractivity contribution in [3.8, 4) is 0 Å². The number of carbonyl (C=O) groups is 1. The van der Waals surface area contributed by atoms with Crippen molar-refractivity contribution in [2.45, 2.75) is 33.4 Å². The molecular formula is C18H20N6O3. The first-order valence-corrected chi connectivity index (χ1v) is 8.43. The molecule has 2 aromatic heterocycles. The smallest absolute Gasteiger partial charge is 0.307 e. The van der Waals surface area contributed by atoms with Crippen LogP contribution in [0.25, 0.3) is 0 Å². The Bertz CT molecular complexity index is 973. The van der Waals surface area contributed by atoms with Gasteiger partial charge in [-0.2, -0.15) is 10.2 Å². The fourth-order valence-corrected chi connectivity index (χ4v) is 2.72. The van der Waals surface area contributed by atoms with E-state index in [0.717, 1.165) is 11.8 Å². The summed E-state index contributed by atoms with van der Waals surface area (Å²) in [5, 5.41) is 22.0. The summed E-state index contributed by atoms with van der Waals surface area (Å²) >= 11 is 0. The minimum absolute atomic E-state index is 0.114. The number of nitro groups is 1. The van der Waals surface area contributed by atoms with E-state index in [1.54, 1.807) is 30.8 Å². The summed E-state index contributed by atoms with van der Waals surface area (Å²) in [6.07, 6.45) is 2.93. The van der Waals surface area contributed by atoms with Crippen LogP contribution in [0.5, 0.6) is 0 Å². The maximum absolute atomic E-state index is 12.5. The maximum Gasteiger partial charge on any atom is 0.309 e. The predicted octanol–water partition coefficient (Wildman–Crippen LogP) is 2.85. The molecule has 0 fully saturated rings. The Morgan fingerprint density at radius 3 is 2.59 bits per heavy atom. The Labute approximate surface area is 155 Å². The first-order valence-electron chi connectivity index (χ1n) is 8.43. The lowest BCUT2D eigenvalue weighted by atomic mass is 10.1. The molecule has 2 heterocycles. The van der Waals surface area contributed by atoms with Crippen LogP contribution >= 0.6 is 0 Å². The van der Waals surface area contributed by atoms with Gasteiger partial charge in [-0.25, -0.2) is 0 Å². The molecule has 0 aliphatic carbocycles. The van der Waals surface area contributed by atoms with Crippen molar-refractivity contribution in [2.75, 3.05) is 5.32 Å². The van der Waals surface area contributed by atoms with Crippen molar-refractivity contribution in [3.63, 3.8) is 0 Å². The van der Waals surface area contributed by atoms with Gasteiger partial charge < -0.3 is 5.32 Å². The molecular weight excluding hydrogens is 348 g/mol. The highest BCUT2D eigenvalue weighted by Crippen LogP contribution is 2.20. The standard InChI is InChI=1S/C18H20N6O3/c1-12-4-6-15(7-5-12)11-22-9-8-17(21-22)20-18(25)14(3)23-13(2)16(10-19-23)24(26)27/h4-10,14H,11H2,1-3H3,(H,20,21,25). The molecule has 0 radical (unpaired) electrons. The van der Waals surface area contributed by atoms with Gasteiger partial charge in [0.15, 0.2) is 5.82 Å². The number of rotatable bonds is 6. The van der Waals surface area contributed by atoms with Gasteiger partial charge in [0.25, 0.3) is 0 Å². The van der Waals surface area contributed by atoms with Crippen molar-refractivity contribution in [1.29, 1.82) is 0 Å². The number of nitrogens with zero attached hydrogens (tertiary/aromatic N) is 5.